The molecular weight excluding hydrogens is 326 g/mol. The van der Waals surface area contributed by atoms with E-state index in [4.69, 9.17) is 5.73 Å². The van der Waals surface area contributed by atoms with Crippen LogP contribution in [0.5, 0.6) is 0 Å². The average Bonchev–Trinajstić information content (AvgIpc) is 2.45. The topological polar surface area (TPSA) is 125 Å². The standard InChI is InChI=1S/C14H19N3O5.ClH/c1-8(2)4-12(15)13(18)16-10-5-9(14(19)22-3)6-11(7-10)17(20)21;/h5-8,12H,4,15H2,1-3H3,(H,16,18);1H/t12-;/m0./s1. The molecule has 9 heteroatoms. The minimum Gasteiger partial charge on any atom is -0.465 e. The first kappa shape index (κ1) is 20.8. The number of carbonyl (C=O) groups excluding carboxylic acids is 2. The molecule has 0 radical (unpaired) electrons. The van der Waals surface area contributed by atoms with Gasteiger partial charge in [0, 0.05) is 17.8 Å². The van der Waals surface area contributed by atoms with Crippen LogP contribution in [0.2, 0.25) is 0 Å². The lowest BCUT2D eigenvalue weighted by Gasteiger charge is -2.14. The van der Waals surface area contributed by atoms with E-state index in [1.165, 1.54) is 6.07 Å². The number of nitro groups is 1. The van der Waals surface area contributed by atoms with Crippen LogP contribution in [-0.2, 0) is 9.53 Å². The quantitative estimate of drug-likeness (QED) is 0.462. The number of nitrogens with two attached hydrogens (primary N) is 1. The summed E-state index contributed by atoms with van der Waals surface area (Å²) in [4.78, 5) is 33.7. The van der Waals surface area contributed by atoms with Crippen molar-refractivity contribution in [2.45, 2.75) is 26.3 Å². The molecule has 1 atom stereocenters. The predicted molar refractivity (Wildman–Crippen MR) is 87.7 cm³/mol. The number of carbonyl (C=O) groups is 2. The zero-order valence-corrected chi connectivity index (χ0v) is 13.9. The van der Waals surface area contributed by atoms with Crippen LogP contribution in [0.4, 0.5) is 11.4 Å². The zero-order chi connectivity index (χ0) is 16.9. The van der Waals surface area contributed by atoms with Crippen molar-refractivity contribution in [2.24, 2.45) is 11.7 Å². The van der Waals surface area contributed by atoms with Gasteiger partial charge >= 0.3 is 5.97 Å². The van der Waals surface area contributed by atoms with Gasteiger partial charge in [-0.05, 0) is 18.4 Å². The second-order valence-corrected chi connectivity index (χ2v) is 5.24. The van der Waals surface area contributed by atoms with Crippen molar-refractivity contribution in [1.82, 2.24) is 0 Å². The Morgan fingerprint density at radius 1 is 1.35 bits per heavy atom. The largest absolute Gasteiger partial charge is 0.465 e. The van der Waals surface area contributed by atoms with E-state index in [1.807, 2.05) is 13.8 Å². The number of ether oxygens (including phenoxy) is 1. The van der Waals surface area contributed by atoms with E-state index in [-0.39, 0.29) is 35.3 Å². The molecule has 8 nitrogen and oxygen atoms in total. The van der Waals surface area contributed by atoms with Gasteiger partial charge in [-0.2, -0.15) is 0 Å². The summed E-state index contributed by atoms with van der Waals surface area (Å²) in [6, 6.07) is 2.81. The first-order valence-electron chi connectivity index (χ1n) is 6.68. The minimum atomic E-state index is -0.735. The molecule has 0 saturated carbocycles. The molecule has 0 aliphatic rings. The Morgan fingerprint density at radius 2 is 1.96 bits per heavy atom. The third-order valence-electron chi connectivity index (χ3n) is 2.88. The molecule has 0 aliphatic heterocycles. The summed E-state index contributed by atoms with van der Waals surface area (Å²) in [5.41, 5.74) is 5.53. The van der Waals surface area contributed by atoms with Gasteiger partial charge in [0.2, 0.25) is 5.91 Å². The maximum absolute atomic E-state index is 12.0. The normalized spacial score (nSPS) is 11.3. The summed E-state index contributed by atoms with van der Waals surface area (Å²) in [5, 5.41) is 13.4. The SMILES string of the molecule is COC(=O)c1cc(NC(=O)[C@@H](N)CC(C)C)cc([N+](=O)[O-])c1.Cl. The number of esters is 1. The minimum absolute atomic E-state index is 0. The van der Waals surface area contributed by atoms with Gasteiger partial charge in [-0.15, -0.1) is 12.4 Å². The van der Waals surface area contributed by atoms with Crippen LogP contribution >= 0.6 is 12.4 Å². The van der Waals surface area contributed by atoms with Crippen molar-refractivity contribution < 1.29 is 19.2 Å². The Kier molecular flexibility index (Phi) is 8.20. The number of methoxy groups -OCH3 is 1. The van der Waals surface area contributed by atoms with E-state index in [9.17, 15) is 19.7 Å². The number of hydrogen-bond donors (Lipinski definition) is 2. The van der Waals surface area contributed by atoms with Crippen molar-refractivity contribution >= 4 is 35.7 Å². The Balaban J connectivity index is 0.00000484. The van der Waals surface area contributed by atoms with Gasteiger partial charge in [0.15, 0.2) is 0 Å². The summed E-state index contributed by atoms with van der Waals surface area (Å²) >= 11 is 0. The fourth-order valence-electron chi connectivity index (χ4n) is 1.87. The Hall–Kier alpha value is -2.19. The number of nitro benzene ring substituents is 1. The summed E-state index contributed by atoms with van der Waals surface area (Å²) in [6.45, 7) is 3.85. The molecular formula is C14H20ClN3O5. The fraction of sp³-hybridized carbons (Fsp3) is 0.429. The molecule has 128 valence electrons. The number of benzene rings is 1. The number of nitrogens with zero attached hydrogens (tertiary/aromatic N) is 1. The van der Waals surface area contributed by atoms with Crippen LogP contribution < -0.4 is 11.1 Å². The molecule has 23 heavy (non-hydrogen) atoms. The van der Waals surface area contributed by atoms with E-state index >= 15 is 0 Å². The van der Waals surface area contributed by atoms with Crippen LogP contribution in [0.25, 0.3) is 0 Å². The molecule has 0 bridgehead atoms. The molecule has 0 aromatic heterocycles. The summed E-state index contributed by atoms with van der Waals surface area (Å²) < 4.78 is 4.53. The molecule has 0 saturated heterocycles. The summed E-state index contributed by atoms with van der Waals surface area (Å²) in [7, 11) is 1.16. The highest BCUT2D eigenvalue weighted by Gasteiger charge is 2.19. The average molecular weight is 346 g/mol. The fourth-order valence-corrected chi connectivity index (χ4v) is 1.87. The highest BCUT2D eigenvalue weighted by molar-refractivity contribution is 5.97. The molecule has 0 spiro atoms. The molecule has 0 aliphatic carbocycles. The highest BCUT2D eigenvalue weighted by Crippen LogP contribution is 2.22. The Morgan fingerprint density at radius 3 is 2.43 bits per heavy atom. The molecule has 0 unspecified atom stereocenters. The number of amides is 1. The highest BCUT2D eigenvalue weighted by atomic mass is 35.5. The van der Waals surface area contributed by atoms with Crippen molar-refractivity contribution in [3.05, 3.63) is 33.9 Å². The van der Waals surface area contributed by atoms with E-state index in [0.29, 0.717) is 6.42 Å². The van der Waals surface area contributed by atoms with E-state index in [2.05, 4.69) is 10.1 Å². The van der Waals surface area contributed by atoms with Gasteiger partial charge in [0.1, 0.15) is 0 Å². The first-order valence-corrected chi connectivity index (χ1v) is 6.68. The van der Waals surface area contributed by atoms with Crippen LogP contribution in [0.1, 0.15) is 30.6 Å². The molecule has 1 rings (SSSR count). The van der Waals surface area contributed by atoms with Crippen molar-refractivity contribution in [3.63, 3.8) is 0 Å². The predicted octanol–water partition coefficient (Wildman–Crippen LogP) is 2.12. The van der Waals surface area contributed by atoms with Crippen molar-refractivity contribution in [2.75, 3.05) is 12.4 Å². The summed E-state index contributed by atoms with van der Waals surface area (Å²) in [5.74, 6) is -0.966. The van der Waals surface area contributed by atoms with E-state index in [1.54, 1.807) is 0 Å². The Bertz CT molecular complexity index is 592. The molecule has 1 amide bonds. The Labute approximate surface area is 139 Å². The first-order chi connectivity index (χ1) is 10.2. The second kappa shape index (κ2) is 9.06. The van der Waals surface area contributed by atoms with Gasteiger partial charge < -0.3 is 15.8 Å². The van der Waals surface area contributed by atoms with Crippen LogP contribution in [-0.4, -0.2) is 30.0 Å². The third-order valence-corrected chi connectivity index (χ3v) is 2.88. The van der Waals surface area contributed by atoms with Crippen LogP contribution in [0, 0.1) is 16.0 Å². The molecule has 0 fully saturated rings. The number of hydrogen-bond acceptors (Lipinski definition) is 6. The van der Waals surface area contributed by atoms with E-state index in [0.717, 1.165) is 19.2 Å². The number of nitrogens with one attached hydrogen (secondary N) is 1. The second-order valence-electron chi connectivity index (χ2n) is 5.24. The number of anilines is 1. The molecule has 1 aromatic carbocycles. The smallest absolute Gasteiger partial charge is 0.338 e. The van der Waals surface area contributed by atoms with Crippen molar-refractivity contribution in [1.29, 1.82) is 0 Å². The van der Waals surface area contributed by atoms with Gasteiger partial charge in [-0.3, -0.25) is 14.9 Å². The van der Waals surface area contributed by atoms with Crippen LogP contribution in [0.3, 0.4) is 0 Å². The zero-order valence-electron chi connectivity index (χ0n) is 13.1. The summed E-state index contributed by atoms with van der Waals surface area (Å²) in [6.07, 6.45) is 0.477. The molecule has 3 N–H and O–H groups in total. The molecule has 0 heterocycles. The van der Waals surface area contributed by atoms with Gasteiger partial charge in [-0.25, -0.2) is 4.79 Å². The lowest BCUT2D eigenvalue weighted by Crippen LogP contribution is -2.36. The maximum Gasteiger partial charge on any atom is 0.338 e. The maximum atomic E-state index is 12.0. The lowest BCUT2D eigenvalue weighted by molar-refractivity contribution is -0.384. The number of rotatable bonds is 6. The van der Waals surface area contributed by atoms with Crippen molar-refractivity contribution in [3.8, 4) is 0 Å². The van der Waals surface area contributed by atoms with Gasteiger partial charge in [0.25, 0.3) is 5.69 Å². The third kappa shape index (κ3) is 6.21. The molecule has 1 aromatic rings. The monoisotopic (exact) mass is 345 g/mol. The number of non-ortho nitro benzene ring substituents is 1. The van der Waals surface area contributed by atoms with E-state index < -0.39 is 22.8 Å². The lowest BCUT2D eigenvalue weighted by atomic mass is 10.0. The number of halogens is 1. The van der Waals surface area contributed by atoms with Crippen LogP contribution in [0.15, 0.2) is 18.2 Å². The van der Waals surface area contributed by atoms with Gasteiger partial charge in [0.05, 0.1) is 23.6 Å². The van der Waals surface area contributed by atoms with Gasteiger partial charge in [-0.1, -0.05) is 13.8 Å².